The minimum Gasteiger partial charge on any atom is -0.370 e. The molecule has 0 atom stereocenters. The molecule has 0 bridgehead atoms. The van der Waals surface area contributed by atoms with Crippen molar-refractivity contribution in [1.82, 2.24) is 9.78 Å². The third kappa shape index (κ3) is 4.13. The van der Waals surface area contributed by atoms with Crippen LogP contribution < -0.4 is 5.32 Å². The quantitative estimate of drug-likeness (QED) is 0.372. The Morgan fingerprint density at radius 3 is 2.03 bits per heavy atom. The number of halogens is 3. The number of hydrogen-bond acceptors (Lipinski definition) is 2. The Kier molecular flexibility index (Phi) is 5.67. The molecule has 0 aliphatic carbocycles. The number of nitrogens with zero attached hydrogens (tertiary/aromatic N) is 2. The zero-order valence-corrected chi connectivity index (χ0v) is 18.0. The first-order valence-electron chi connectivity index (χ1n) is 11.2. The summed E-state index contributed by atoms with van der Waals surface area (Å²) in [7, 11) is 0. The second-order valence-corrected chi connectivity index (χ2v) is 8.28. The summed E-state index contributed by atoms with van der Waals surface area (Å²) >= 11 is 0. The maximum Gasteiger partial charge on any atom is 0.418 e. The number of benzene rings is 3. The molecular formula is C27H24F3N3. The van der Waals surface area contributed by atoms with Crippen LogP contribution in [0.25, 0.3) is 5.69 Å². The summed E-state index contributed by atoms with van der Waals surface area (Å²) in [5.74, 6) is 0.483. The first-order valence-corrected chi connectivity index (χ1v) is 11.2. The molecule has 0 saturated carbocycles. The van der Waals surface area contributed by atoms with Crippen molar-refractivity contribution >= 4 is 5.82 Å². The van der Waals surface area contributed by atoms with Crippen LogP contribution in [0.3, 0.4) is 0 Å². The molecule has 2 heterocycles. The van der Waals surface area contributed by atoms with E-state index in [0.717, 1.165) is 47.7 Å². The van der Waals surface area contributed by atoms with Crippen LogP contribution in [-0.2, 0) is 12.6 Å². The van der Waals surface area contributed by atoms with E-state index in [1.165, 1.54) is 16.8 Å². The van der Waals surface area contributed by atoms with Gasteiger partial charge in [-0.15, -0.1) is 0 Å². The fourth-order valence-corrected chi connectivity index (χ4v) is 4.63. The van der Waals surface area contributed by atoms with E-state index in [4.69, 9.17) is 5.10 Å². The molecule has 3 aromatic carbocycles. The lowest BCUT2D eigenvalue weighted by atomic mass is 9.86. The zero-order valence-electron chi connectivity index (χ0n) is 18.0. The van der Waals surface area contributed by atoms with Crippen LogP contribution in [0, 0.1) is 0 Å². The van der Waals surface area contributed by atoms with Gasteiger partial charge < -0.3 is 5.32 Å². The first kappa shape index (κ1) is 21.3. The highest BCUT2D eigenvalue weighted by Crippen LogP contribution is 2.40. The molecule has 0 radical (unpaired) electrons. The van der Waals surface area contributed by atoms with Crippen molar-refractivity contribution in [2.24, 2.45) is 0 Å². The van der Waals surface area contributed by atoms with Crippen LogP contribution in [0.4, 0.5) is 19.0 Å². The summed E-state index contributed by atoms with van der Waals surface area (Å²) in [6, 6.07) is 25.7. The van der Waals surface area contributed by atoms with Crippen molar-refractivity contribution < 1.29 is 13.2 Å². The second-order valence-electron chi connectivity index (χ2n) is 8.28. The van der Waals surface area contributed by atoms with Crippen LogP contribution in [0.5, 0.6) is 0 Å². The summed E-state index contributed by atoms with van der Waals surface area (Å²) in [4.78, 5) is 0. The largest absolute Gasteiger partial charge is 0.418 e. The van der Waals surface area contributed by atoms with Crippen LogP contribution >= 0.6 is 0 Å². The van der Waals surface area contributed by atoms with Gasteiger partial charge in [0.25, 0.3) is 0 Å². The van der Waals surface area contributed by atoms with Gasteiger partial charge in [0, 0.05) is 12.1 Å². The van der Waals surface area contributed by atoms with Gasteiger partial charge in [0.2, 0.25) is 0 Å². The molecule has 1 aliphatic heterocycles. The summed E-state index contributed by atoms with van der Waals surface area (Å²) < 4.78 is 43.1. The first-order chi connectivity index (χ1) is 16.0. The number of aromatic nitrogens is 2. The van der Waals surface area contributed by atoms with E-state index in [1.807, 2.05) is 36.4 Å². The molecule has 6 heteroatoms. The van der Waals surface area contributed by atoms with Crippen molar-refractivity contribution in [3.63, 3.8) is 0 Å². The summed E-state index contributed by atoms with van der Waals surface area (Å²) in [5, 5.41) is 8.27. The Morgan fingerprint density at radius 1 is 0.788 bits per heavy atom. The van der Waals surface area contributed by atoms with Gasteiger partial charge in [0.05, 0.1) is 22.9 Å². The molecular weight excluding hydrogens is 423 g/mol. The molecule has 5 rings (SSSR count). The van der Waals surface area contributed by atoms with Gasteiger partial charge in [-0.3, -0.25) is 0 Å². The molecule has 1 aliphatic rings. The smallest absolute Gasteiger partial charge is 0.370 e. The third-order valence-electron chi connectivity index (χ3n) is 6.14. The lowest BCUT2D eigenvalue weighted by molar-refractivity contribution is -0.137. The average Bonchev–Trinajstić information content (AvgIpc) is 3.00. The zero-order chi connectivity index (χ0) is 22.8. The molecule has 0 amide bonds. The minimum absolute atomic E-state index is 0.0433. The van der Waals surface area contributed by atoms with Crippen molar-refractivity contribution in [2.75, 3.05) is 11.9 Å². The second kappa shape index (κ2) is 8.77. The van der Waals surface area contributed by atoms with Crippen molar-refractivity contribution in [2.45, 2.75) is 31.4 Å². The van der Waals surface area contributed by atoms with Gasteiger partial charge in [-0.25, -0.2) is 4.68 Å². The van der Waals surface area contributed by atoms with Crippen LogP contribution in [0.2, 0.25) is 0 Å². The fourth-order valence-electron chi connectivity index (χ4n) is 4.63. The Labute approximate surface area is 190 Å². The van der Waals surface area contributed by atoms with Crippen LogP contribution in [0.15, 0.2) is 84.9 Å². The number of anilines is 1. The predicted molar refractivity (Wildman–Crippen MR) is 124 cm³/mol. The standard InChI is InChI=1S/C27H24F3N3/c28-27(29,30)22-16-7-8-17-23(22)33-26-21(15-9-10-18-31-26)25(32-33)24(19-11-3-1-4-12-19)20-13-5-2-6-14-20/h1-8,11-14,16-17,24,31H,9-10,15,18H2. The molecule has 1 aromatic heterocycles. The molecule has 168 valence electrons. The Morgan fingerprint density at radius 2 is 1.39 bits per heavy atom. The van der Waals surface area contributed by atoms with E-state index in [0.29, 0.717) is 12.4 Å². The van der Waals surface area contributed by atoms with Crippen LogP contribution in [0.1, 0.15) is 46.7 Å². The average molecular weight is 448 g/mol. The number of fused-ring (bicyclic) bond motifs is 1. The van der Waals surface area contributed by atoms with Crippen molar-refractivity contribution in [3.8, 4) is 5.69 Å². The SMILES string of the molecule is FC(F)(F)c1ccccc1-n1nc(C(c2ccccc2)c2ccccc2)c2c1NCCCC2. The van der Waals surface area contributed by atoms with Gasteiger partial charge in [-0.1, -0.05) is 72.8 Å². The molecule has 33 heavy (non-hydrogen) atoms. The van der Waals surface area contributed by atoms with Gasteiger partial charge in [0.15, 0.2) is 0 Å². The van der Waals surface area contributed by atoms with Crippen molar-refractivity contribution in [1.29, 1.82) is 0 Å². The van der Waals surface area contributed by atoms with E-state index in [2.05, 4.69) is 29.6 Å². The number of para-hydroxylation sites is 1. The number of nitrogens with one attached hydrogen (secondary N) is 1. The maximum absolute atomic E-state index is 13.9. The monoisotopic (exact) mass is 447 g/mol. The summed E-state index contributed by atoms with van der Waals surface area (Å²) in [5.41, 5.74) is 3.26. The molecule has 0 saturated heterocycles. The molecule has 1 N–H and O–H groups in total. The molecule has 3 nitrogen and oxygen atoms in total. The highest BCUT2D eigenvalue weighted by molar-refractivity contribution is 5.59. The highest BCUT2D eigenvalue weighted by atomic mass is 19.4. The Hall–Kier alpha value is -3.54. The van der Waals surface area contributed by atoms with Crippen LogP contribution in [-0.4, -0.2) is 16.3 Å². The van der Waals surface area contributed by atoms with E-state index < -0.39 is 11.7 Å². The maximum atomic E-state index is 13.9. The van der Waals surface area contributed by atoms with E-state index in [-0.39, 0.29) is 11.6 Å². The van der Waals surface area contributed by atoms with Gasteiger partial charge >= 0.3 is 6.18 Å². The highest BCUT2D eigenvalue weighted by Gasteiger charge is 2.36. The molecule has 0 spiro atoms. The van der Waals surface area contributed by atoms with E-state index in [9.17, 15) is 13.2 Å². The fraction of sp³-hybridized carbons (Fsp3) is 0.222. The normalized spacial score (nSPS) is 13.9. The van der Waals surface area contributed by atoms with Gasteiger partial charge in [-0.2, -0.15) is 18.3 Å². The third-order valence-corrected chi connectivity index (χ3v) is 6.14. The summed E-state index contributed by atoms with van der Waals surface area (Å²) in [6.45, 7) is 0.702. The van der Waals surface area contributed by atoms with Crippen molar-refractivity contribution in [3.05, 3.63) is 113 Å². The van der Waals surface area contributed by atoms with E-state index >= 15 is 0 Å². The number of rotatable bonds is 4. The van der Waals surface area contributed by atoms with E-state index in [1.54, 1.807) is 6.07 Å². The van der Waals surface area contributed by atoms with Gasteiger partial charge in [0.1, 0.15) is 5.82 Å². The molecule has 0 fully saturated rings. The Bertz CT molecular complexity index is 1190. The van der Waals surface area contributed by atoms with Gasteiger partial charge in [-0.05, 0) is 42.5 Å². The number of hydrogen-bond donors (Lipinski definition) is 1. The molecule has 0 unspecified atom stereocenters. The predicted octanol–water partition coefficient (Wildman–Crippen LogP) is 6.82. The molecule has 4 aromatic rings. The number of alkyl halides is 3. The lowest BCUT2D eigenvalue weighted by Gasteiger charge is -2.18. The minimum atomic E-state index is -4.47. The Balaban J connectivity index is 1.76. The topological polar surface area (TPSA) is 29.9 Å². The lowest BCUT2D eigenvalue weighted by Crippen LogP contribution is -2.14. The summed E-state index contributed by atoms with van der Waals surface area (Å²) in [6.07, 6.45) is -1.80.